The number of rotatable bonds is 2. The van der Waals surface area contributed by atoms with E-state index in [1.807, 2.05) is 4.90 Å². The Morgan fingerprint density at radius 3 is 2.48 bits per heavy atom. The van der Waals surface area contributed by atoms with E-state index in [1.165, 1.54) is 0 Å². The van der Waals surface area contributed by atoms with Crippen molar-refractivity contribution in [3.8, 4) is 0 Å². The second-order valence-electron chi connectivity index (χ2n) is 7.16. The van der Waals surface area contributed by atoms with Crippen molar-refractivity contribution >= 4 is 0 Å². The fraction of sp³-hybridized carbons (Fsp3) is 0.444. The van der Waals surface area contributed by atoms with E-state index in [0.29, 0.717) is 24.6 Å². The third-order valence-corrected chi connectivity index (χ3v) is 5.20. The lowest BCUT2D eigenvalue weighted by Gasteiger charge is -2.38. The molecule has 0 amide bonds. The molecule has 1 saturated heterocycles. The maximum atomic E-state index is 14.0. The molecule has 4 rings (SSSR count). The molecular weight excluding hydrogens is 402 g/mol. The van der Waals surface area contributed by atoms with E-state index >= 15 is 0 Å². The number of hydrogen-bond donors (Lipinski definition) is 1. The third-order valence-electron chi connectivity index (χ3n) is 5.20. The van der Waals surface area contributed by atoms with Crippen LogP contribution in [0.5, 0.6) is 0 Å². The number of halogens is 6. The van der Waals surface area contributed by atoms with Crippen LogP contribution in [0.25, 0.3) is 0 Å². The Hall–Kier alpha value is -2.24. The Balaban J connectivity index is 1.46. The van der Waals surface area contributed by atoms with Crippen molar-refractivity contribution in [2.75, 3.05) is 6.61 Å². The van der Waals surface area contributed by atoms with Crippen molar-refractivity contribution in [2.45, 2.75) is 43.9 Å². The van der Waals surface area contributed by atoms with Crippen molar-refractivity contribution < 1.29 is 31.1 Å². The van der Waals surface area contributed by atoms with Crippen molar-refractivity contribution in [1.29, 1.82) is 0 Å². The van der Waals surface area contributed by atoms with Crippen LogP contribution in [0, 0.1) is 17.5 Å². The smallest absolute Gasteiger partial charge is 0.370 e. The lowest BCUT2D eigenvalue weighted by atomic mass is 9.93. The summed E-state index contributed by atoms with van der Waals surface area (Å²) in [6.07, 6.45) is -4.09. The van der Waals surface area contributed by atoms with Gasteiger partial charge in [-0.1, -0.05) is 0 Å². The average Bonchev–Trinajstić information content (AvgIpc) is 3.07. The Kier molecular flexibility index (Phi) is 4.99. The number of hydrogen-bond acceptors (Lipinski definition) is 5. The Bertz CT molecular complexity index is 937. The molecule has 0 saturated carbocycles. The molecule has 2 aliphatic heterocycles. The van der Waals surface area contributed by atoms with Gasteiger partial charge in [-0.3, -0.25) is 4.90 Å². The molecule has 1 aromatic carbocycles. The van der Waals surface area contributed by atoms with Crippen molar-refractivity contribution in [1.82, 2.24) is 14.9 Å². The van der Waals surface area contributed by atoms with Gasteiger partial charge in [0.2, 0.25) is 5.82 Å². The molecule has 3 heterocycles. The Labute approximate surface area is 161 Å². The SMILES string of the molecule is N[C@H]1C[C@@H](N2Cc3cnc(C(F)(F)F)nc3C2)COC1c1cc(F)c(F)cc1F. The molecule has 0 spiro atoms. The summed E-state index contributed by atoms with van der Waals surface area (Å²) >= 11 is 0. The zero-order chi connectivity index (χ0) is 20.9. The fourth-order valence-electron chi connectivity index (χ4n) is 3.75. The van der Waals surface area contributed by atoms with Crippen LogP contribution in [-0.4, -0.2) is 33.6 Å². The van der Waals surface area contributed by atoms with E-state index in [0.717, 1.165) is 12.3 Å². The molecule has 0 bridgehead atoms. The molecule has 1 unspecified atom stereocenters. The topological polar surface area (TPSA) is 64.3 Å². The van der Waals surface area contributed by atoms with Crippen LogP contribution in [0.1, 0.15) is 35.2 Å². The molecule has 2 aliphatic rings. The lowest BCUT2D eigenvalue weighted by Crippen LogP contribution is -2.47. The molecule has 1 fully saturated rings. The molecule has 3 atom stereocenters. The van der Waals surface area contributed by atoms with Crippen LogP contribution in [-0.2, 0) is 24.0 Å². The molecule has 156 valence electrons. The minimum absolute atomic E-state index is 0.102. The lowest BCUT2D eigenvalue weighted by molar-refractivity contribution is -0.145. The number of nitrogens with two attached hydrogens (primary N) is 1. The first kappa shape index (κ1) is 20.0. The van der Waals surface area contributed by atoms with E-state index in [9.17, 15) is 26.3 Å². The number of benzene rings is 1. The predicted octanol–water partition coefficient (Wildman–Crippen LogP) is 3.09. The minimum Gasteiger partial charge on any atom is -0.370 e. The van der Waals surface area contributed by atoms with Crippen LogP contribution >= 0.6 is 0 Å². The summed E-state index contributed by atoms with van der Waals surface area (Å²) < 4.78 is 84.7. The van der Waals surface area contributed by atoms with Gasteiger partial charge in [0.05, 0.1) is 12.3 Å². The van der Waals surface area contributed by atoms with Crippen molar-refractivity contribution in [3.63, 3.8) is 0 Å². The fourth-order valence-corrected chi connectivity index (χ4v) is 3.75. The molecule has 11 heteroatoms. The zero-order valence-electron chi connectivity index (χ0n) is 14.9. The van der Waals surface area contributed by atoms with Gasteiger partial charge in [-0.2, -0.15) is 13.2 Å². The van der Waals surface area contributed by atoms with Crippen LogP contribution in [0.2, 0.25) is 0 Å². The minimum atomic E-state index is -4.62. The van der Waals surface area contributed by atoms with Crippen molar-refractivity contribution in [3.05, 3.63) is 58.4 Å². The maximum Gasteiger partial charge on any atom is 0.451 e. The molecule has 0 radical (unpaired) electrons. The highest BCUT2D eigenvalue weighted by atomic mass is 19.4. The summed E-state index contributed by atoms with van der Waals surface area (Å²) in [5.74, 6) is -4.65. The zero-order valence-corrected chi connectivity index (χ0v) is 14.9. The molecule has 2 N–H and O–H groups in total. The Morgan fingerprint density at radius 1 is 1.07 bits per heavy atom. The van der Waals surface area contributed by atoms with E-state index < -0.39 is 41.6 Å². The summed E-state index contributed by atoms with van der Waals surface area (Å²) in [5, 5.41) is 0. The van der Waals surface area contributed by atoms with Gasteiger partial charge >= 0.3 is 6.18 Å². The van der Waals surface area contributed by atoms with Gasteiger partial charge in [0.15, 0.2) is 11.6 Å². The quantitative estimate of drug-likeness (QED) is 0.600. The van der Waals surface area contributed by atoms with Crippen LogP contribution < -0.4 is 5.73 Å². The number of ether oxygens (including phenoxy) is 1. The van der Waals surface area contributed by atoms with Gasteiger partial charge in [0.25, 0.3) is 0 Å². The predicted molar refractivity (Wildman–Crippen MR) is 87.7 cm³/mol. The monoisotopic (exact) mass is 418 g/mol. The summed E-state index contributed by atoms with van der Waals surface area (Å²) in [5.41, 5.74) is 6.80. The largest absolute Gasteiger partial charge is 0.451 e. The first-order valence-electron chi connectivity index (χ1n) is 8.81. The summed E-state index contributed by atoms with van der Waals surface area (Å²) in [6.45, 7) is 0.606. The molecule has 0 aliphatic carbocycles. The van der Waals surface area contributed by atoms with E-state index in [-0.39, 0.29) is 30.5 Å². The average molecular weight is 418 g/mol. The molecule has 29 heavy (non-hydrogen) atoms. The van der Waals surface area contributed by atoms with Gasteiger partial charge < -0.3 is 10.5 Å². The number of aromatic nitrogens is 2. The molecule has 2 aromatic rings. The van der Waals surface area contributed by atoms with Gasteiger partial charge in [0, 0.05) is 48.6 Å². The number of fused-ring (bicyclic) bond motifs is 1. The molecular formula is C18H16F6N4O. The second kappa shape index (κ2) is 7.22. The normalized spacial score (nSPS) is 25.3. The van der Waals surface area contributed by atoms with Crippen LogP contribution in [0.15, 0.2) is 18.3 Å². The maximum absolute atomic E-state index is 14.0. The number of nitrogens with zero attached hydrogens (tertiary/aromatic N) is 3. The highest BCUT2D eigenvalue weighted by Crippen LogP contribution is 2.35. The Morgan fingerprint density at radius 2 is 1.79 bits per heavy atom. The van der Waals surface area contributed by atoms with Crippen molar-refractivity contribution in [2.24, 2.45) is 5.73 Å². The van der Waals surface area contributed by atoms with E-state index in [2.05, 4.69) is 9.97 Å². The molecule has 1 aromatic heterocycles. The van der Waals surface area contributed by atoms with Crippen LogP contribution in [0.3, 0.4) is 0 Å². The van der Waals surface area contributed by atoms with Gasteiger partial charge in [-0.15, -0.1) is 0 Å². The van der Waals surface area contributed by atoms with Gasteiger partial charge in [-0.05, 0) is 12.5 Å². The van der Waals surface area contributed by atoms with Crippen LogP contribution in [0.4, 0.5) is 26.3 Å². The summed E-state index contributed by atoms with van der Waals surface area (Å²) in [7, 11) is 0. The number of alkyl halides is 3. The van der Waals surface area contributed by atoms with E-state index in [4.69, 9.17) is 10.5 Å². The first-order chi connectivity index (χ1) is 13.6. The highest BCUT2D eigenvalue weighted by molar-refractivity contribution is 5.25. The third kappa shape index (κ3) is 3.81. The standard InChI is InChI=1S/C18H16F6N4O/c19-11-3-13(21)12(20)2-10(11)16-14(25)1-9(7-29-16)28-5-8-4-26-17(18(22,23)24)27-15(8)6-28/h2-4,9,14,16H,1,5-7,25H2/t9-,14+,16?/m1/s1. The summed E-state index contributed by atoms with van der Waals surface area (Å²) in [6, 6.07) is 0.211. The van der Waals surface area contributed by atoms with E-state index in [1.54, 1.807) is 0 Å². The van der Waals surface area contributed by atoms with Gasteiger partial charge in [0.1, 0.15) is 11.9 Å². The molecule has 5 nitrogen and oxygen atoms in total. The highest BCUT2D eigenvalue weighted by Gasteiger charge is 2.39. The first-order valence-corrected chi connectivity index (χ1v) is 8.81. The van der Waals surface area contributed by atoms with Gasteiger partial charge in [-0.25, -0.2) is 23.1 Å². The second-order valence-corrected chi connectivity index (χ2v) is 7.16. The summed E-state index contributed by atoms with van der Waals surface area (Å²) in [4.78, 5) is 8.83.